The third-order valence-corrected chi connectivity index (χ3v) is 2.33. The van der Waals surface area contributed by atoms with Gasteiger partial charge in [0.1, 0.15) is 5.75 Å². The van der Waals surface area contributed by atoms with E-state index in [4.69, 9.17) is 22.1 Å². The second-order valence-electron chi connectivity index (χ2n) is 3.12. The molecule has 0 radical (unpaired) electrons. The zero-order valence-corrected chi connectivity index (χ0v) is 9.64. The van der Waals surface area contributed by atoms with Gasteiger partial charge in [0.25, 0.3) is 0 Å². The molecule has 0 spiro atoms. The van der Waals surface area contributed by atoms with Gasteiger partial charge in [0.05, 0.1) is 7.11 Å². The molecule has 15 heavy (non-hydrogen) atoms. The van der Waals surface area contributed by atoms with Gasteiger partial charge in [-0.2, -0.15) is 0 Å². The third kappa shape index (κ3) is 3.16. The summed E-state index contributed by atoms with van der Waals surface area (Å²) in [6.07, 6.45) is 0.620. The summed E-state index contributed by atoms with van der Waals surface area (Å²) in [5, 5.41) is 0.643. The van der Waals surface area contributed by atoms with Crippen molar-refractivity contribution >= 4 is 11.6 Å². The Kier molecular flexibility index (Phi) is 4.48. The van der Waals surface area contributed by atoms with Crippen molar-refractivity contribution in [3.63, 3.8) is 0 Å². The number of nitrogens with two attached hydrogens (primary N) is 1. The first-order valence-electron chi connectivity index (χ1n) is 4.67. The van der Waals surface area contributed by atoms with Gasteiger partial charge in [0.2, 0.25) is 0 Å². The van der Waals surface area contributed by atoms with Gasteiger partial charge in [0, 0.05) is 23.0 Å². The van der Waals surface area contributed by atoms with Gasteiger partial charge in [0.15, 0.2) is 0 Å². The number of halogens is 1. The van der Waals surface area contributed by atoms with E-state index in [2.05, 4.69) is 11.8 Å². The normalized spacial score (nSPS) is 11.5. The van der Waals surface area contributed by atoms with E-state index >= 15 is 0 Å². The number of rotatable bonds is 3. The van der Waals surface area contributed by atoms with E-state index in [-0.39, 0.29) is 6.04 Å². The van der Waals surface area contributed by atoms with Crippen molar-refractivity contribution in [1.82, 2.24) is 0 Å². The lowest BCUT2D eigenvalue weighted by Crippen LogP contribution is -2.10. The van der Waals surface area contributed by atoms with E-state index in [9.17, 15) is 0 Å². The maximum Gasteiger partial charge on any atom is 0.125 e. The summed E-state index contributed by atoms with van der Waals surface area (Å²) in [6, 6.07) is 5.31. The Labute approximate surface area is 95.4 Å². The van der Waals surface area contributed by atoms with Crippen LogP contribution in [-0.2, 0) is 0 Å². The van der Waals surface area contributed by atoms with Gasteiger partial charge in [-0.25, -0.2) is 0 Å². The SMILES string of the molecule is CC#CCC(N)c1ccc(Cl)cc1OC. The molecule has 0 amide bonds. The average Bonchev–Trinajstić information content (AvgIpc) is 2.25. The average molecular weight is 224 g/mol. The summed E-state index contributed by atoms with van der Waals surface area (Å²) in [6.45, 7) is 1.80. The first-order valence-corrected chi connectivity index (χ1v) is 5.05. The molecule has 0 aliphatic rings. The van der Waals surface area contributed by atoms with Crippen molar-refractivity contribution in [3.05, 3.63) is 28.8 Å². The van der Waals surface area contributed by atoms with Gasteiger partial charge in [-0.3, -0.25) is 0 Å². The van der Waals surface area contributed by atoms with E-state index < -0.39 is 0 Å². The molecule has 2 nitrogen and oxygen atoms in total. The lowest BCUT2D eigenvalue weighted by molar-refractivity contribution is 0.406. The zero-order valence-electron chi connectivity index (χ0n) is 8.88. The number of ether oxygens (including phenoxy) is 1. The Balaban J connectivity index is 2.95. The summed E-state index contributed by atoms with van der Waals surface area (Å²) in [7, 11) is 1.60. The van der Waals surface area contributed by atoms with Gasteiger partial charge in [-0.1, -0.05) is 17.7 Å². The fourth-order valence-corrected chi connectivity index (χ4v) is 1.48. The van der Waals surface area contributed by atoms with Crippen molar-refractivity contribution in [2.75, 3.05) is 7.11 Å². The predicted molar refractivity (Wildman–Crippen MR) is 63.0 cm³/mol. The molecule has 1 atom stereocenters. The first-order chi connectivity index (χ1) is 7.19. The standard InChI is InChI=1S/C12H14ClNO/c1-3-4-5-11(14)10-7-6-9(13)8-12(10)15-2/h6-8,11H,5,14H2,1-2H3. The van der Waals surface area contributed by atoms with Gasteiger partial charge in [-0.15, -0.1) is 11.8 Å². The fourth-order valence-electron chi connectivity index (χ4n) is 1.31. The van der Waals surface area contributed by atoms with E-state index in [0.717, 1.165) is 5.56 Å². The van der Waals surface area contributed by atoms with Crippen LogP contribution in [0.4, 0.5) is 0 Å². The number of hydrogen-bond donors (Lipinski definition) is 1. The molecule has 0 bridgehead atoms. The zero-order chi connectivity index (χ0) is 11.3. The molecule has 0 saturated carbocycles. The minimum atomic E-state index is -0.135. The van der Waals surface area contributed by atoms with Crippen LogP contribution in [-0.4, -0.2) is 7.11 Å². The van der Waals surface area contributed by atoms with Gasteiger partial charge >= 0.3 is 0 Å². The molecule has 0 heterocycles. The van der Waals surface area contributed by atoms with Crippen LogP contribution in [0.5, 0.6) is 5.75 Å². The first kappa shape index (κ1) is 11.9. The number of hydrogen-bond acceptors (Lipinski definition) is 2. The Hall–Kier alpha value is -1.17. The third-order valence-electron chi connectivity index (χ3n) is 2.09. The molecule has 1 aromatic carbocycles. The molecule has 1 aromatic rings. The second kappa shape index (κ2) is 5.65. The summed E-state index contributed by atoms with van der Waals surface area (Å²) < 4.78 is 5.21. The highest BCUT2D eigenvalue weighted by molar-refractivity contribution is 6.30. The molecule has 2 N–H and O–H groups in total. The van der Waals surface area contributed by atoms with Crippen LogP contribution in [0.3, 0.4) is 0 Å². The van der Waals surface area contributed by atoms with E-state index in [1.165, 1.54) is 0 Å². The summed E-state index contributed by atoms with van der Waals surface area (Å²) in [5.41, 5.74) is 6.92. The largest absolute Gasteiger partial charge is 0.496 e. The molecule has 80 valence electrons. The van der Waals surface area contributed by atoms with Crippen LogP contribution in [0.25, 0.3) is 0 Å². The monoisotopic (exact) mass is 223 g/mol. The smallest absolute Gasteiger partial charge is 0.125 e. The highest BCUT2D eigenvalue weighted by Crippen LogP contribution is 2.28. The van der Waals surface area contributed by atoms with Crippen molar-refractivity contribution in [3.8, 4) is 17.6 Å². The van der Waals surface area contributed by atoms with Crippen LogP contribution in [0.1, 0.15) is 24.9 Å². The minimum Gasteiger partial charge on any atom is -0.496 e. The summed E-state index contributed by atoms with van der Waals surface area (Å²) in [5.74, 6) is 6.48. The highest BCUT2D eigenvalue weighted by atomic mass is 35.5. The molecule has 0 aliphatic carbocycles. The molecule has 0 saturated heterocycles. The van der Waals surface area contributed by atoms with Crippen molar-refractivity contribution < 1.29 is 4.74 Å². The lowest BCUT2D eigenvalue weighted by atomic mass is 10.0. The summed E-state index contributed by atoms with van der Waals surface area (Å²) >= 11 is 5.86. The lowest BCUT2D eigenvalue weighted by Gasteiger charge is -2.13. The van der Waals surface area contributed by atoms with Crippen LogP contribution in [0.15, 0.2) is 18.2 Å². The van der Waals surface area contributed by atoms with Crippen LogP contribution in [0.2, 0.25) is 5.02 Å². The van der Waals surface area contributed by atoms with Crippen LogP contribution >= 0.6 is 11.6 Å². The maximum atomic E-state index is 5.98. The molecule has 0 aromatic heterocycles. The van der Waals surface area contributed by atoms with E-state index in [1.807, 2.05) is 6.07 Å². The molecular weight excluding hydrogens is 210 g/mol. The molecule has 0 fully saturated rings. The highest BCUT2D eigenvalue weighted by Gasteiger charge is 2.10. The molecule has 1 unspecified atom stereocenters. The Morgan fingerprint density at radius 2 is 2.27 bits per heavy atom. The Morgan fingerprint density at radius 1 is 1.53 bits per heavy atom. The maximum absolute atomic E-state index is 5.98. The molecule has 0 aliphatic heterocycles. The summed E-state index contributed by atoms with van der Waals surface area (Å²) in [4.78, 5) is 0. The van der Waals surface area contributed by atoms with E-state index in [1.54, 1.807) is 26.2 Å². The van der Waals surface area contributed by atoms with E-state index in [0.29, 0.717) is 17.2 Å². The van der Waals surface area contributed by atoms with Crippen molar-refractivity contribution in [2.45, 2.75) is 19.4 Å². The molecule has 1 rings (SSSR count). The van der Waals surface area contributed by atoms with Crippen molar-refractivity contribution in [1.29, 1.82) is 0 Å². The fraction of sp³-hybridized carbons (Fsp3) is 0.333. The number of benzene rings is 1. The van der Waals surface area contributed by atoms with Gasteiger partial charge in [-0.05, 0) is 19.1 Å². The predicted octanol–water partition coefficient (Wildman–Crippen LogP) is 2.76. The van der Waals surface area contributed by atoms with Crippen LogP contribution in [0, 0.1) is 11.8 Å². The van der Waals surface area contributed by atoms with Crippen molar-refractivity contribution in [2.24, 2.45) is 5.73 Å². The topological polar surface area (TPSA) is 35.2 Å². The quantitative estimate of drug-likeness (QED) is 0.800. The Bertz CT molecular complexity index is 392. The minimum absolute atomic E-state index is 0.135. The second-order valence-corrected chi connectivity index (χ2v) is 3.56. The number of methoxy groups -OCH3 is 1. The molecule has 3 heteroatoms. The Morgan fingerprint density at radius 3 is 2.87 bits per heavy atom. The van der Waals surface area contributed by atoms with Crippen LogP contribution < -0.4 is 10.5 Å². The van der Waals surface area contributed by atoms with Gasteiger partial charge < -0.3 is 10.5 Å². The molecular formula is C12H14ClNO.